The van der Waals surface area contributed by atoms with Crippen molar-refractivity contribution in [3.8, 4) is 5.75 Å². The van der Waals surface area contributed by atoms with Crippen LogP contribution in [0.3, 0.4) is 0 Å². The van der Waals surface area contributed by atoms with Gasteiger partial charge < -0.3 is 19.4 Å². The topological polar surface area (TPSA) is 54.7 Å². The fourth-order valence-corrected chi connectivity index (χ4v) is 2.54. The van der Waals surface area contributed by atoms with E-state index in [1.54, 1.807) is 12.1 Å². The predicted octanol–water partition coefficient (Wildman–Crippen LogP) is 3.00. The number of nitrogens with one attached hydrogen (secondary N) is 1. The SMILES string of the molecule is CN1CCC(Oc2cccc(NC(=O)c3ccco3)c2)CC1. The average Bonchev–Trinajstić information content (AvgIpc) is 3.04. The molecule has 3 rings (SSSR count). The van der Waals surface area contributed by atoms with Gasteiger partial charge >= 0.3 is 0 Å². The van der Waals surface area contributed by atoms with Crippen LogP contribution in [-0.2, 0) is 0 Å². The monoisotopic (exact) mass is 300 g/mol. The zero-order valence-corrected chi connectivity index (χ0v) is 12.6. The molecule has 0 saturated carbocycles. The molecule has 0 spiro atoms. The van der Waals surface area contributed by atoms with Crippen molar-refractivity contribution in [1.29, 1.82) is 0 Å². The molecule has 2 heterocycles. The standard InChI is InChI=1S/C17H20N2O3/c1-19-9-7-14(8-10-19)22-15-5-2-4-13(12-15)18-17(20)16-6-3-11-21-16/h2-6,11-12,14H,7-10H2,1H3,(H,18,20). The first-order valence-electron chi connectivity index (χ1n) is 7.51. The number of nitrogens with zero attached hydrogens (tertiary/aromatic N) is 1. The zero-order chi connectivity index (χ0) is 15.4. The second-order valence-corrected chi connectivity index (χ2v) is 5.58. The molecule has 1 amide bonds. The highest BCUT2D eigenvalue weighted by Crippen LogP contribution is 2.22. The van der Waals surface area contributed by atoms with Crippen LogP contribution in [0, 0.1) is 0 Å². The van der Waals surface area contributed by atoms with Gasteiger partial charge in [-0.25, -0.2) is 0 Å². The first-order valence-corrected chi connectivity index (χ1v) is 7.51. The van der Waals surface area contributed by atoms with E-state index in [1.807, 2.05) is 24.3 Å². The van der Waals surface area contributed by atoms with Crippen molar-refractivity contribution in [2.24, 2.45) is 0 Å². The summed E-state index contributed by atoms with van der Waals surface area (Å²) >= 11 is 0. The smallest absolute Gasteiger partial charge is 0.291 e. The number of amides is 1. The third-order valence-electron chi connectivity index (χ3n) is 3.81. The molecule has 2 aromatic rings. The van der Waals surface area contributed by atoms with Gasteiger partial charge in [0.15, 0.2) is 5.76 Å². The van der Waals surface area contributed by atoms with Crippen molar-refractivity contribution in [3.05, 3.63) is 48.4 Å². The Morgan fingerprint density at radius 3 is 2.82 bits per heavy atom. The lowest BCUT2D eigenvalue weighted by molar-refractivity contribution is 0.0996. The molecule has 1 aromatic heterocycles. The van der Waals surface area contributed by atoms with Crippen LogP contribution in [0.15, 0.2) is 47.1 Å². The Bertz CT molecular complexity index is 617. The normalized spacial score (nSPS) is 16.4. The van der Waals surface area contributed by atoms with Gasteiger partial charge in [-0.1, -0.05) is 6.07 Å². The highest BCUT2D eigenvalue weighted by atomic mass is 16.5. The van der Waals surface area contributed by atoms with E-state index >= 15 is 0 Å². The van der Waals surface area contributed by atoms with Crippen molar-refractivity contribution in [2.45, 2.75) is 18.9 Å². The summed E-state index contributed by atoms with van der Waals surface area (Å²) in [5.74, 6) is 0.815. The fraction of sp³-hybridized carbons (Fsp3) is 0.353. The number of furan rings is 1. The first kappa shape index (κ1) is 14.7. The van der Waals surface area contributed by atoms with Crippen LogP contribution in [0.2, 0.25) is 0 Å². The van der Waals surface area contributed by atoms with Crippen LogP contribution < -0.4 is 10.1 Å². The maximum absolute atomic E-state index is 12.0. The van der Waals surface area contributed by atoms with E-state index in [4.69, 9.17) is 9.15 Å². The zero-order valence-electron chi connectivity index (χ0n) is 12.6. The van der Waals surface area contributed by atoms with Gasteiger partial charge in [0.2, 0.25) is 0 Å². The molecule has 1 aliphatic rings. The number of likely N-dealkylation sites (tertiary alicyclic amines) is 1. The summed E-state index contributed by atoms with van der Waals surface area (Å²) in [6.07, 6.45) is 3.78. The molecule has 22 heavy (non-hydrogen) atoms. The number of anilines is 1. The van der Waals surface area contributed by atoms with Crippen LogP contribution in [0.5, 0.6) is 5.75 Å². The minimum Gasteiger partial charge on any atom is -0.490 e. The van der Waals surface area contributed by atoms with Crippen LogP contribution in [-0.4, -0.2) is 37.0 Å². The van der Waals surface area contributed by atoms with Crippen molar-refractivity contribution in [1.82, 2.24) is 4.90 Å². The Morgan fingerprint density at radius 1 is 1.27 bits per heavy atom. The number of rotatable bonds is 4. The number of carbonyl (C=O) groups is 1. The van der Waals surface area contributed by atoms with E-state index in [9.17, 15) is 4.79 Å². The van der Waals surface area contributed by atoms with Gasteiger partial charge in [0.25, 0.3) is 5.91 Å². The van der Waals surface area contributed by atoms with Crippen LogP contribution in [0.4, 0.5) is 5.69 Å². The second-order valence-electron chi connectivity index (χ2n) is 5.58. The fourth-order valence-electron chi connectivity index (χ4n) is 2.54. The minimum absolute atomic E-state index is 0.243. The molecule has 5 heteroatoms. The Morgan fingerprint density at radius 2 is 2.09 bits per heavy atom. The third kappa shape index (κ3) is 3.68. The van der Waals surface area contributed by atoms with Gasteiger partial charge in [0.05, 0.1) is 6.26 Å². The van der Waals surface area contributed by atoms with Crippen LogP contribution in [0.25, 0.3) is 0 Å². The lowest BCUT2D eigenvalue weighted by Crippen LogP contribution is -2.35. The highest BCUT2D eigenvalue weighted by molar-refractivity contribution is 6.02. The Hall–Kier alpha value is -2.27. The summed E-state index contributed by atoms with van der Waals surface area (Å²) in [5.41, 5.74) is 0.701. The van der Waals surface area contributed by atoms with Gasteiger partial charge in [-0.3, -0.25) is 4.79 Å². The molecule has 0 bridgehead atoms. The van der Waals surface area contributed by atoms with E-state index in [2.05, 4.69) is 17.3 Å². The Kier molecular flexibility index (Phi) is 4.44. The summed E-state index contributed by atoms with van der Waals surface area (Å²) < 4.78 is 11.1. The molecule has 116 valence electrons. The van der Waals surface area contributed by atoms with Crippen molar-refractivity contribution in [2.75, 3.05) is 25.5 Å². The number of hydrogen-bond acceptors (Lipinski definition) is 4. The first-order chi connectivity index (χ1) is 10.7. The van der Waals surface area contributed by atoms with Gasteiger partial charge in [0, 0.05) is 24.8 Å². The maximum Gasteiger partial charge on any atom is 0.291 e. The van der Waals surface area contributed by atoms with Gasteiger partial charge in [-0.2, -0.15) is 0 Å². The molecule has 0 atom stereocenters. The van der Waals surface area contributed by atoms with Gasteiger partial charge in [0.1, 0.15) is 11.9 Å². The molecule has 5 nitrogen and oxygen atoms in total. The van der Waals surface area contributed by atoms with Crippen LogP contribution >= 0.6 is 0 Å². The molecule has 1 saturated heterocycles. The molecule has 0 aliphatic carbocycles. The third-order valence-corrected chi connectivity index (χ3v) is 3.81. The summed E-state index contributed by atoms with van der Waals surface area (Å²) in [7, 11) is 2.13. The maximum atomic E-state index is 12.0. The highest BCUT2D eigenvalue weighted by Gasteiger charge is 2.18. The largest absolute Gasteiger partial charge is 0.490 e. The molecule has 1 aromatic carbocycles. The van der Waals surface area contributed by atoms with Crippen LogP contribution in [0.1, 0.15) is 23.4 Å². The van der Waals surface area contributed by atoms with E-state index < -0.39 is 0 Å². The second kappa shape index (κ2) is 6.66. The lowest BCUT2D eigenvalue weighted by atomic mass is 10.1. The summed E-state index contributed by atoms with van der Waals surface area (Å²) in [6.45, 7) is 2.11. The average molecular weight is 300 g/mol. The molecule has 0 radical (unpaired) electrons. The summed E-state index contributed by atoms with van der Waals surface area (Å²) in [6, 6.07) is 10.8. The molecular weight excluding hydrogens is 280 g/mol. The van der Waals surface area contributed by atoms with E-state index in [1.165, 1.54) is 6.26 Å². The van der Waals surface area contributed by atoms with E-state index in [0.29, 0.717) is 11.4 Å². The molecule has 1 aliphatic heterocycles. The number of piperidine rings is 1. The summed E-state index contributed by atoms with van der Waals surface area (Å²) in [5, 5.41) is 2.81. The van der Waals surface area contributed by atoms with E-state index in [0.717, 1.165) is 31.7 Å². The predicted molar refractivity (Wildman–Crippen MR) is 84.3 cm³/mol. The number of hydrogen-bond donors (Lipinski definition) is 1. The number of carbonyl (C=O) groups excluding carboxylic acids is 1. The quantitative estimate of drug-likeness (QED) is 0.943. The minimum atomic E-state index is -0.263. The van der Waals surface area contributed by atoms with Crippen molar-refractivity contribution >= 4 is 11.6 Å². The van der Waals surface area contributed by atoms with Crippen molar-refractivity contribution in [3.63, 3.8) is 0 Å². The molecule has 0 unspecified atom stereocenters. The Labute approximate surface area is 129 Å². The molecule has 1 fully saturated rings. The number of ether oxygens (including phenoxy) is 1. The molecular formula is C17H20N2O3. The van der Waals surface area contributed by atoms with Crippen molar-refractivity contribution < 1.29 is 13.9 Å². The lowest BCUT2D eigenvalue weighted by Gasteiger charge is -2.29. The Balaban J connectivity index is 1.61. The number of benzene rings is 1. The summed E-state index contributed by atoms with van der Waals surface area (Å²) in [4.78, 5) is 14.3. The molecule has 1 N–H and O–H groups in total. The van der Waals surface area contributed by atoms with E-state index in [-0.39, 0.29) is 12.0 Å². The van der Waals surface area contributed by atoms with Gasteiger partial charge in [-0.15, -0.1) is 0 Å². The van der Waals surface area contributed by atoms with Gasteiger partial charge in [-0.05, 0) is 44.2 Å².